The molecule has 3 aromatic rings. The van der Waals surface area contributed by atoms with E-state index in [0.29, 0.717) is 35.9 Å². The third kappa shape index (κ3) is 6.08. The average molecular weight is 478 g/mol. The number of urea groups is 1. The van der Waals surface area contributed by atoms with Gasteiger partial charge in [0.05, 0.1) is 7.11 Å². The lowest BCUT2D eigenvalue weighted by Crippen LogP contribution is -2.41. The van der Waals surface area contributed by atoms with Crippen molar-refractivity contribution in [3.05, 3.63) is 94.5 Å². The van der Waals surface area contributed by atoms with Crippen LogP contribution in [0.25, 0.3) is 0 Å². The Morgan fingerprint density at radius 3 is 2.65 bits per heavy atom. The third-order valence-corrected chi connectivity index (χ3v) is 6.26. The van der Waals surface area contributed by atoms with Crippen LogP contribution < -0.4 is 15.4 Å². The van der Waals surface area contributed by atoms with Crippen LogP contribution in [0.5, 0.6) is 5.75 Å². The second-order valence-electron chi connectivity index (χ2n) is 8.38. The Hall–Kier alpha value is -3.51. The van der Waals surface area contributed by atoms with Gasteiger partial charge in [-0.05, 0) is 72.5 Å². The van der Waals surface area contributed by atoms with Gasteiger partial charge in [0.15, 0.2) is 0 Å². The van der Waals surface area contributed by atoms with Gasteiger partial charge in [-0.15, -0.1) is 0 Å². The molecule has 3 aromatic carbocycles. The van der Waals surface area contributed by atoms with Crippen molar-refractivity contribution in [2.24, 2.45) is 0 Å². The van der Waals surface area contributed by atoms with Crippen molar-refractivity contribution in [2.45, 2.75) is 25.3 Å². The van der Waals surface area contributed by atoms with E-state index in [-0.39, 0.29) is 17.9 Å². The molecule has 7 heteroatoms. The van der Waals surface area contributed by atoms with E-state index in [1.54, 1.807) is 31.4 Å². The molecule has 1 aliphatic rings. The minimum atomic E-state index is -0.127. The number of hydrogen-bond donors (Lipinski definition) is 2. The van der Waals surface area contributed by atoms with E-state index in [2.05, 4.69) is 10.6 Å². The first-order valence-electron chi connectivity index (χ1n) is 11.3. The van der Waals surface area contributed by atoms with Crippen molar-refractivity contribution in [1.29, 1.82) is 0 Å². The highest BCUT2D eigenvalue weighted by atomic mass is 35.5. The maximum atomic E-state index is 12.8. The summed E-state index contributed by atoms with van der Waals surface area (Å²) >= 11 is 5.93. The molecular formula is C27H28ClN3O3. The van der Waals surface area contributed by atoms with E-state index in [1.807, 2.05) is 53.4 Å². The maximum absolute atomic E-state index is 12.8. The highest BCUT2D eigenvalue weighted by Gasteiger charge is 2.25. The fourth-order valence-corrected chi connectivity index (χ4v) is 4.30. The van der Waals surface area contributed by atoms with Crippen molar-refractivity contribution in [3.63, 3.8) is 0 Å². The van der Waals surface area contributed by atoms with Crippen LogP contribution in [0, 0.1) is 0 Å². The number of nitrogens with zero attached hydrogens (tertiary/aromatic N) is 1. The number of anilines is 1. The summed E-state index contributed by atoms with van der Waals surface area (Å²) in [7, 11) is 1.62. The van der Waals surface area contributed by atoms with Crippen LogP contribution in [0.1, 0.15) is 40.2 Å². The van der Waals surface area contributed by atoms with Crippen molar-refractivity contribution in [2.75, 3.05) is 25.5 Å². The fourth-order valence-electron chi connectivity index (χ4n) is 4.17. The van der Waals surface area contributed by atoms with Crippen molar-refractivity contribution >= 4 is 29.2 Å². The van der Waals surface area contributed by atoms with Gasteiger partial charge < -0.3 is 20.3 Å². The number of ether oxygens (including phenoxy) is 1. The molecule has 176 valence electrons. The first kappa shape index (κ1) is 23.6. The number of benzene rings is 3. The van der Waals surface area contributed by atoms with E-state index < -0.39 is 0 Å². The van der Waals surface area contributed by atoms with Crippen molar-refractivity contribution in [3.8, 4) is 5.75 Å². The SMILES string of the molecule is COc1cccc(CNC(=O)c2cccc([C@@H]3CCCN(C(=O)Nc4ccc(Cl)cc4)C3)c2)c1. The number of nitrogens with one attached hydrogen (secondary N) is 2. The van der Waals surface area contributed by atoms with E-state index in [4.69, 9.17) is 16.3 Å². The van der Waals surface area contributed by atoms with Gasteiger partial charge in [-0.1, -0.05) is 35.9 Å². The van der Waals surface area contributed by atoms with Crippen molar-refractivity contribution < 1.29 is 14.3 Å². The zero-order valence-corrected chi connectivity index (χ0v) is 19.8. The van der Waals surface area contributed by atoms with Gasteiger partial charge in [0.2, 0.25) is 0 Å². The van der Waals surface area contributed by atoms with Gasteiger partial charge >= 0.3 is 6.03 Å². The summed E-state index contributed by atoms with van der Waals surface area (Å²) in [5.41, 5.74) is 3.37. The third-order valence-electron chi connectivity index (χ3n) is 6.01. The largest absolute Gasteiger partial charge is 0.497 e. The highest BCUT2D eigenvalue weighted by Crippen LogP contribution is 2.28. The van der Waals surface area contributed by atoms with Crippen LogP contribution in [-0.2, 0) is 6.54 Å². The molecule has 6 nitrogen and oxygen atoms in total. The Morgan fingerprint density at radius 1 is 1.06 bits per heavy atom. The molecule has 1 saturated heterocycles. The molecule has 4 rings (SSSR count). The van der Waals surface area contributed by atoms with Crippen LogP contribution in [-0.4, -0.2) is 37.0 Å². The lowest BCUT2D eigenvalue weighted by Gasteiger charge is -2.33. The number of amides is 3. The summed E-state index contributed by atoms with van der Waals surface area (Å²) in [4.78, 5) is 27.4. The van der Waals surface area contributed by atoms with Crippen LogP contribution in [0.15, 0.2) is 72.8 Å². The number of piperidine rings is 1. The van der Waals surface area contributed by atoms with E-state index in [0.717, 1.165) is 29.7 Å². The number of methoxy groups -OCH3 is 1. The Kier molecular flexibility index (Phi) is 7.70. The van der Waals surface area contributed by atoms with Gasteiger partial charge in [0.1, 0.15) is 5.75 Å². The molecule has 0 spiro atoms. The Morgan fingerprint density at radius 2 is 1.85 bits per heavy atom. The summed E-state index contributed by atoms with van der Waals surface area (Å²) in [6.45, 7) is 1.73. The van der Waals surface area contributed by atoms with Gasteiger partial charge in [0, 0.05) is 41.8 Å². The van der Waals surface area contributed by atoms with Crippen LogP contribution in [0.4, 0.5) is 10.5 Å². The molecule has 0 aromatic heterocycles. The Bertz CT molecular complexity index is 1150. The predicted molar refractivity (Wildman–Crippen MR) is 135 cm³/mol. The fraction of sp³-hybridized carbons (Fsp3) is 0.259. The van der Waals surface area contributed by atoms with Gasteiger partial charge in [-0.2, -0.15) is 0 Å². The lowest BCUT2D eigenvalue weighted by molar-refractivity contribution is 0.0950. The number of hydrogen-bond acceptors (Lipinski definition) is 3. The Balaban J connectivity index is 1.37. The van der Waals surface area contributed by atoms with Crippen molar-refractivity contribution in [1.82, 2.24) is 10.2 Å². The average Bonchev–Trinajstić information content (AvgIpc) is 2.89. The summed E-state index contributed by atoms with van der Waals surface area (Å²) in [6.07, 6.45) is 1.88. The molecule has 2 N–H and O–H groups in total. The molecule has 1 heterocycles. The normalized spacial score (nSPS) is 15.5. The number of carbonyl (C=O) groups excluding carboxylic acids is 2. The van der Waals surface area contributed by atoms with Gasteiger partial charge in [-0.25, -0.2) is 4.79 Å². The molecule has 34 heavy (non-hydrogen) atoms. The molecule has 0 unspecified atom stereocenters. The van der Waals surface area contributed by atoms with Crippen LogP contribution in [0.2, 0.25) is 5.02 Å². The van der Waals surface area contributed by atoms with E-state index in [1.165, 1.54) is 0 Å². The molecule has 1 fully saturated rings. The number of carbonyl (C=O) groups is 2. The summed E-state index contributed by atoms with van der Waals surface area (Å²) < 4.78 is 5.24. The Labute approximate surface area is 204 Å². The first-order valence-corrected chi connectivity index (χ1v) is 11.7. The summed E-state index contributed by atoms with van der Waals surface area (Å²) in [6, 6.07) is 22.3. The number of rotatable bonds is 6. The minimum Gasteiger partial charge on any atom is -0.497 e. The van der Waals surface area contributed by atoms with Crippen LogP contribution in [0.3, 0.4) is 0 Å². The zero-order chi connectivity index (χ0) is 23.9. The second kappa shape index (κ2) is 11.1. The predicted octanol–water partition coefficient (Wildman–Crippen LogP) is 5.69. The molecule has 0 radical (unpaired) electrons. The van der Waals surface area contributed by atoms with E-state index >= 15 is 0 Å². The molecule has 3 amide bonds. The molecule has 1 atom stereocenters. The minimum absolute atomic E-state index is 0.126. The smallest absolute Gasteiger partial charge is 0.321 e. The van der Waals surface area contributed by atoms with Gasteiger partial charge in [0.25, 0.3) is 5.91 Å². The highest BCUT2D eigenvalue weighted by molar-refractivity contribution is 6.30. The quantitative estimate of drug-likeness (QED) is 0.479. The lowest BCUT2D eigenvalue weighted by atomic mass is 9.89. The second-order valence-corrected chi connectivity index (χ2v) is 8.82. The number of likely N-dealkylation sites (tertiary alicyclic amines) is 1. The molecular weight excluding hydrogens is 450 g/mol. The molecule has 0 saturated carbocycles. The monoisotopic (exact) mass is 477 g/mol. The first-order chi connectivity index (χ1) is 16.5. The standard InChI is InChI=1S/C27H28ClN3O3/c1-34-25-9-2-5-19(15-25)17-29-26(32)21-7-3-6-20(16-21)22-8-4-14-31(18-22)27(33)30-24-12-10-23(28)11-13-24/h2-3,5-7,9-13,15-16,22H,4,8,14,17-18H2,1H3,(H,29,32)(H,30,33)/t22-/m1/s1. The summed E-state index contributed by atoms with van der Waals surface area (Å²) in [5, 5.41) is 6.54. The maximum Gasteiger partial charge on any atom is 0.321 e. The summed E-state index contributed by atoms with van der Waals surface area (Å²) in [5.74, 6) is 0.810. The zero-order valence-electron chi connectivity index (χ0n) is 19.1. The van der Waals surface area contributed by atoms with E-state index in [9.17, 15) is 9.59 Å². The van der Waals surface area contributed by atoms with Crippen LogP contribution >= 0.6 is 11.6 Å². The van der Waals surface area contributed by atoms with Gasteiger partial charge in [-0.3, -0.25) is 4.79 Å². The molecule has 0 bridgehead atoms. The molecule has 0 aliphatic carbocycles. The number of halogens is 1. The molecule has 1 aliphatic heterocycles. The topological polar surface area (TPSA) is 70.7 Å².